The van der Waals surface area contributed by atoms with E-state index in [1.807, 2.05) is 34.6 Å². The molecule has 0 saturated heterocycles. The van der Waals surface area contributed by atoms with Gasteiger partial charge in [0.15, 0.2) is 6.10 Å². The van der Waals surface area contributed by atoms with Gasteiger partial charge in [0.25, 0.3) is 0 Å². The molecule has 0 amide bonds. The zero-order chi connectivity index (χ0) is 16.7. The second kappa shape index (κ2) is 5.97. The highest BCUT2D eigenvalue weighted by Crippen LogP contribution is 2.36. The van der Waals surface area contributed by atoms with Gasteiger partial charge in [-0.25, -0.2) is 4.79 Å². The maximum atomic E-state index is 12.3. The van der Waals surface area contributed by atoms with Crippen molar-refractivity contribution in [1.29, 1.82) is 0 Å². The van der Waals surface area contributed by atoms with Crippen molar-refractivity contribution in [3.63, 3.8) is 0 Å². The van der Waals surface area contributed by atoms with E-state index in [-0.39, 0.29) is 0 Å². The molecule has 5 heteroatoms. The zero-order valence-corrected chi connectivity index (χ0v) is 15.1. The quantitative estimate of drug-likeness (QED) is 0.793. The molecule has 2 aromatic heterocycles. The minimum absolute atomic E-state index is 0.393. The summed E-state index contributed by atoms with van der Waals surface area (Å²) in [5.74, 6) is -0.393. The van der Waals surface area contributed by atoms with E-state index in [9.17, 15) is 4.79 Å². The molecule has 0 aliphatic rings. The first-order valence-corrected chi connectivity index (χ1v) is 8.08. The Labute approximate surface area is 135 Å². The van der Waals surface area contributed by atoms with Gasteiger partial charge in [-0.15, -0.1) is 11.3 Å². The lowest BCUT2D eigenvalue weighted by Gasteiger charge is -2.27. The maximum absolute atomic E-state index is 12.3. The van der Waals surface area contributed by atoms with Crippen molar-refractivity contribution in [3.8, 4) is 0 Å². The van der Waals surface area contributed by atoms with E-state index in [0.29, 0.717) is 0 Å². The summed E-state index contributed by atoms with van der Waals surface area (Å²) in [6.07, 6.45) is -0.760. The van der Waals surface area contributed by atoms with E-state index < -0.39 is 17.7 Å². The summed E-state index contributed by atoms with van der Waals surface area (Å²) in [4.78, 5) is 18.1. The summed E-state index contributed by atoms with van der Waals surface area (Å²) >= 11 is 1.69. The Hall–Kier alpha value is -1.46. The van der Waals surface area contributed by atoms with Crippen molar-refractivity contribution in [2.24, 2.45) is 0 Å². The maximum Gasteiger partial charge on any atom is 0.339 e. The molecule has 2 rings (SSSR count). The highest BCUT2D eigenvalue weighted by molar-refractivity contribution is 7.19. The molecule has 0 saturated carbocycles. The first kappa shape index (κ1) is 16.9. The van der Waals surface area contributed by atoms with Gasteiger partial charge in [0.2, 0.25) is 0 Å². The minimum Gasteiger partial charge on any atom is -0.467 e. The Morgan fingerprint density at radius 1 is 1.27 bits per heavy atom. The number of carbonyl (C=O) groups excluding carboxylic acids is 1. The molecule has 0 aliphatic heterocycles. The first-order valence-electron chi connectivity index (χ1n) is 7.27. The van der Waals surface area contributed by atoms with Crippen LogP contribution in [0.3, 0.4) is 0 Å². The summed E-state index contributed by atoms with van der Waals surface area (Å²) < 4.78 is 12.0. The van der Waals surface area contributed by atoms with E-state index >= 15 is 0 Å². The third-order valence-electron chi connectivity index (χ3n) is 3.41. The number of methoxy groups -OCH3 is 1. The monoisotopic (exact) mass is 321 g/mol. The number of pyridine rings is 1. The van der Waals surface area contributed by atoms with Gasteiger partial charge < -0.3 is 9.47 Å². The molecule has 0 aromatic carbocycles. The zero-order valence-electron chi connectivity index (χ0n) is 14.2. The topological polar surface area (TPSA) is 48.4 Å². The predicted molar refractivity (Wildman–Crippen MR) is 89.4 cm³/mol. The van der Waals surface area contributed by atoms with Gasteiger partial charge in [-0.3, -0.25) is 4.98 Å². The lowest BCUT2D eigenvalue weighted by atomic mass is 10.0. The van der Waals surface area contributed by atoms with Crippen LogP contribution in [-0.2, 0) is 14.3 Å². The van der Waals surface area contributed by atoms with Crippen LogP contribution in [0, 0.1) is 20.8 Å². The Morgan fingerprint density at radius 2 is 1.91 bits per heavy atom. The molecule has 1 atom stereocenters. The molecule has 22 heavy (non-hydrogen) atoms. The van der Waals surface area contributed by atoms with Crippen molar-refractivity contribution < 1.29 is 14.3 Å². The van der Waals surface area contributed by atoms with E-state index in [4.69, 9.17) is 9.47 Å². The average molecular weight is 321 g/mol. The molecular weight excluding hydrogens is 298 g/mol. The van der Waals surface area contributed by atoms with Crippen LogP contribution < -0.4 is 0 Å². The molecule has 0 fully saturated rings. The van der Waals surface area contributed by atoms with Crippen molar-refractivity contribution in [1.82, 2.24) is 4.98 Å². The average Bonchev–Trinajstić information content (AvgIpc) is 2.76. The van der Waals surface area contributed by atoms with E-state index in [1.54, 1.807) is 11.3 Å². The van der Waals surface area contributed by atoms with Gasteiger partial charge in [0.1, 0.15) is 0 Å². The highest BCUT2D eigenvalue weighted by atomic mass is 32.1. The number of nitrogens with zero attached hydrogens (tertiary/aromatic N) is 1. The number of fused-ring (bicyclic) bond motifs is 1. The number of ether oxygens (including phenoxy) is 2. The fourth-order valence-electron chi connectivity index (χ4n) is 2.56. The number of aryl methyl sites for hydroxylation is 3. The normalized spacial score (nSPS) is 13.4. The molecule has 2 aromatic rings. The van der Waals surface area contributed by atoms with Gasteiger partial charge in [0, 0.05) is 16.1 Å². The summed E-state index contributed by atoms with van der Waals surface area (Å²) in [5.41, 5.74) is 3.18. The molecule has 2 heterocycles. The van der Waals surface area contributed by atoms with Crippen LogP contribution in [-0.4, -0.2) is 23.7 Å². The Morgan fingerprint density at radius 3 is 2.45 bits per heavy atom. The molecule has 0 N–H and O–H groups in total. The van der Waals surface area contributed by atoms with Gasteiger partial charge in [-0.1, -0.05) is 0 Å². The smallest absolute Gasteiger partial charge is 0.339 e. The van der Waals surface area contributed by atoms with Crippen LogP contribution >= 0.6 is 11.3 Å². The van der Waals surface area contributed by atoms with Crippen LogP contribution in [0.25, 0.3) is 10.2 Å². The first-order chi connectivity index (χ1) is 10.1. The van der Waals surface area contributed by atoms with Gasteiger partial charge in [-0.05, 0) is 53.2 Å². The second-order valence-electron chi connectivity index (χ2n) is 6.44. The fourth-order valence-corrected chi connectivity index (χ4v) is 3.52. The fraction of sp³-hybridized carbons (Fsp3) is 0.529. The number of esters is 1. The number of aromatic nitrogens is 1. The van der Waals surface area contributed by atoms with Crippen LogP contribution in [0.15, 0.2) is 6.07 Å². The number of thiophene rings is 1. The molecule has 0 spiro atoms. The third-order valence-corrected chi connectivity index (χ3v) is 4.57. The van der Waals surface area contributed by atoms with Crippen LogP contribution in [0.5, 0.6) is 0 Å². The lowest BCUT2D eigenvalue weighted by Crippen LogP contribution is -2.29. The van der Waals surface area contributed by atoms with Gasteiger partial charge >= 0.3 is 5.97 Å². The standard InChI is InChI=1S/C17H23NO3S/c1-9-8-12-15(22-9)10(2)13(11(3)18-12)14(16(19)20-7)21-17(4,5)6/h8,14H,1-7H3/t14-/m0/s1. The number of hydrogen-bond acceptors (Lipinski definition) is 5. The second-order valence-corrected chi connectivity index (χ2v) is 7.70. The summed E-state index contributed by atoms with van der Waals surface area (Å²) in [7, 11) is 1.38. The van der Waals surface area contributed by atoms with Crippen molar-refractivity contribution >= 4 is 27.5 Å². The highest BCUT2D eigenvalue weighted by Gasteiger charge is 2.31. The van der Waals surface area contributed by atoms with Crippen molar-refractivity contribution in [2.75, 3.05) is 7.11 Å². The van der Waals surface area contributed by atoms with Crippen LogP contribution in [0.4, 0.5) is 0 Å². The Bertz CT molecular complexity index is 713. The Kier molecular flexibility index (Phi) is 4.59. The summed E-state index contributed by atoms with van der Waals surface area (Å²) in [6.45, 7) is 11.8. The molecule has 0 aliphatic carbocycles. The van der Waals surface area contributed by atoms with Crippen molar-refractivity contribution in [2.45, 2.75) is 53.2 Å². The van der Waals surface area contributed by atoms with E-state index in [1.165, 1.54) is 12.0 Å². The van der Waals surface area contributed by atoms with E-state index in [0.717, 1.165) is 27.0 Å². The number of rotatable bonds is 3. The van der Waals surface area contributed by atoms with Gasteiger partial charge in [0.05, 0.1) is 22.9 Å². The number of hydrogen-bond donors (Lipinski definition) is 0. The molecule has 120 valence electrons. The summed E-state index contributed by atoms with van der Waals surface area (Å²) in [5, 5.41) is 0. The third kappa shape index (κ3) is 3.31. The summed E-state index contributed by atoms with van der Waals surface area (Å²) in [6, 6.07) is 2.07. The predicted octanol–water partition coefficient (Wildman–Crippen LogP) is 4.25. The van der Waals surface area contributed by atoms with Crippen LogP contribution in [0.1, 0.15) is 48.6 Å². The molecule has 0 bridgehead atoms. The lowest BCUT2D eigenvalue weighted by molar-refractivity contribution is -0.164. The largest absolute Gasteiger partial charge is 0.467 e. The van der Waals surface area contributed by atoms with Crippen LogP contribution in [0.2, 0.25) is 0 Å². The molecule has 0 unspecified atom stereocenters. The van der Waals surface area contributed by atoms with Gasteiger partial charge in [-0.2, -0.15) is 0 Å². The Balaban J connectivity index is 2.64. The minimum atomic E-state index is -0.760. The molecule has 0 radical (unpaired) electrons. The van der Waals surface area contributed by atoms with Crippen molar-refractivity contribution in [3.05, 3.63) is 27.8 Å². The molecular formula is C17H23NO3S. The SMILES string of the molecule is COC(=O)[C@@H](OC(C)(C)C)c1c(C)nc2cc(C)sc2c1C. The number of carbonyl (C=O) groups is 1. The van der Waals surface area contributed by atoms with E-state index in [2.05, 4.69) is 18.0 Å². The molecule has 4 nitrogen and oxygen atoms in total.